The minimum atomic E-state index is -0.934. The molecule has 1 aromatic heterocycles. The van der Waals surface area contributed by atoms with Gasteiger partial charge in [-0.05, 0) is 46.2 Å². The van der Waals surface area contributed by atoms with Crippen molar-refractivity contribution in [2.24, 2.45) is 5.92 Å². The number of rotatable bonds is 13. The van der Waals surface area contributed by atoms with Crippen LogP contribution < -0.4 is 5.32 Å². The van der Waals surface area contributed by atoms with Gasteiger partial charge in [0.1, 0.15) is 18.7 Å². The van der Waals surface area contributed by atoms with Crippen molar-refractivity contribution in [3.63, 3.8) is 0 Å². The maximum atomic E-state index is 13.8. The summed E-state index contributed by atoms with van der Waals surface area (Å²) in [5.41, 5.74) is 4.94. The highest BCUT2D eigenvalue weighted by Gasteiger charge is 2.31. The molecule has 0 unspecified atom stereocenters. The second-order valence-electron chi connectivity index (χ2n) is 10.9. The molecule has 0 aliphatic carbocycles. The first-order valence-corrected chi connectivity index (χ1v) is 14.4. The second-order valence-corrected chi connectivity index (χ2v) is 10.9. The molecule has 0 aliphatic rings. The van der Waals surface area contributed by atoms with Crippen LogP contribution in [-0.2, 0) is 30.6 Å². The number of hydrogen-bond acceptors (Lipinski definition) is 5. The van der Waals surface area contributed by atoms with Crippen molar-refractivity contribution in [2.45, 2.75) is 45.4 Å². The number of carbonyl (C=O) groups excluding carboxylic acids is 3. The van der Waals surface area contributed by atoms with Gasteiger partial charge >= 0.3 is 5.97 Å². The smallest absolute Gasteiger partial charge is 0.308 e. The van der Waals surface area contributed by atoms with E-state index in [1.54, 1.807) is 10.8 Å². The molecule has 4 rings (SSSR count). The minimum absolute atomic E-state index is 0.103. The SMILES string of the molecule is CON(C)C(=O)[C@H](CC(C)C)NC(=O)[C@@H](CC(=O)OCc1ccccc1)n1ccc(-c2ccc(-c3ccccc3)cc2)c1. The third-order valence-corrected chi connectivity index (χ3v) is 7.21. The summed E-state index contributed by atoms with van der Waals surface area (Å²) >= 11 is 0. The lowest BCUT2D eigenvalue weighted by Crippen LogP contribution is -2.49. The van der Waals surface area contributed by atoms with E-state index in [1.165, 1.54) is 14.2 Å². The van der Waals surface area contributed by atoms with Crippen molar-refractivity contribution >= 4 is 17.8 Å². The number of benzene rings is 3. The van der Waals surface area contributed by atoms with Gasteiger partial charge in [0, 0.05) is 19.4 Å². The molecule has 4 aromatic rings. The lowest BCUT2D eigenvalue weighted by molar-refractivity contribution is -0.172. The number of ether oxygens (including phenoxy) is 1. The topological polar surface area (TPSA) is 89.9 Å². The van der Waals surface area contributed by atoms with Gasteiger partial charge in [-0.1, -0.05) is 98.8 Å². The molecule has 1 heterocycles. The molecule has 0 saturated carbocycles. The van der Waals surface area contributed by atoms with Crippen LogP contribution in [0.2, 0.25) is 0 Å². The number of nitrogens with zero attached hydrogens (tertiary/aromatic N) is 2. The van der Waals surface area contributed by atoms with Crippen molar-refractivity contribution in [3.05, 3.63) is 109 Å². The molecule has 0 radical (unpaired) electrons. The predicted octanol–water partition coefficient (Wildman–Crippen LogP) is 6.05. The number of likely N-dealkylation sites (N-methyl/N-ethyl adjacent to an activating group) is 1. The predicted molar refractivity (Wildman–Crippen MR) is 166 cm³/mol. The first kappa shape index (κ1) is 31.3. The molecule has 3 aromatic carbocycles. The number of aromatic nitrogens is 1. The molecular weight excluding hydrogens is 542 g/mol. The molecule has 8 nitrogen and oxygen atoms in total. The lowest BCUT2D eigenvalue weighted by atomic mass is 10.0. The summed E-state index contributed by atoms with van der Waals surface area (Å²) in [6, 6.07) is 27.8. The van der Waals surface area contributed by atoms with Gasteiger partial charge in [-0.3, -0.25) is 19.2 Å². The molecule has 0 fully saturated rings. The Morgan fingerprint density at radius 2 is 1.40 bits per heavy atom. The van der Waals surface area contributed by atoms with E-state index in [2.05, 4.69) is 29.6 Å². The van der Waals surface area contributed by atoms with Crippen molar-refractivity contribution in [1.29, 1.82) is 0 Å². The third-order valence-electron chi connectivity index (χ3n) is 7.21. The van der Waals surface area contributed by atoms with Gasteiger partial charge in [0.05, 0.1) is 13.5 Å². The summed E-state index contributed by atoms with van der Waals surface area (Å²) in [6.07, 6.45) is 3.82. The molecule has 2 atom stereocenters. The highest BCUT2D eigenvalue weighted by Crippen LogP contribution is 2.27. The van der Waals surface area contributed by atoms with Crippen LogP contribution >= 0.6 is 0 Å². The van der Waals surface area contributed by atoms with Crippen LogP contribution in [0.5, 0.6) is 0 Å². The molecular formula is C35H39N3O5. The van der Waals surface area contributed by atoms with Gasteiger partial charge in [-0.2, -0.15) is 0 Å². The van der Waals surface area contributed by atoms with Gasteiger partial charge in [0.25, 0.3) is 5.91 Å². The number of nitrogens with one attached hydrogen (secondary N) is 1. The highest BCUT2D eigenvalue weighted by atomic mass is 16.7. The standard InChI is InChI=1S/C35H39N3O5/c1-25(2)21-31(35(41)37(3)42-4)36-34(40)32(22-33(39)43-24-26-11-7-5-8-12-26)38-20-19-30(23-38)29-17-15-28(16-18-29)27-13-9-6-10-14-27/h5-20,23,25,31-32H,21-22,24H2,1-4H3,(H,36,40)/t31-,32+/m0/s1. The van der Waals surface area contributed by atoms with Gasteiger partial charge in [-0.15, -0.1) is 0 Å². The summed E-state index contributed by atoms with van der Waals surface area (Å²) in [7, 11) is 2.90. The normalized spacial score (nSPS) is 12.4. The first-order chi connectivity index (χ1) is 20.7. The van der Waals surface area contributed by atoms with Crippen LogP contribution in [0.4, 0.5) is 0 Å². The van der Waals surface area contributed by atoms with Crippen LogP contribution in [0.3, 0.4) is 0 Å². The number of amides is 2. The summed E-state index contributed by atoms with van der Waals surface area (Å²) < 4.78 is 7.23. The number of hydroxylamine groups is 2. The van der Waals surface area contributed by atoms with E-state index >= 15 is 0 Å². The Bertz CT molecular complexity index is 1480. The fraction of sp³-hybridized carbons (Fsp3) is 0.286. The van der Waals surface area contributed by atoms with Crippen molar-refractivity contribution in [2.75, 3.05) is 14.2 Å². The van der Waals surface area contributed by atoms with Crippen LogP contribution in [0.25, 0.3) is 22.3 Å². The summed E-state index contributed by atoms with van der Waals surface area (Å²) in [5, 5.41) is 3.98. The number of carbonyl (C=O) groups is 3. The summed E-state index contributed by atoms with van der Waals surface area (Å²) in [5.74, 6) is -1.22. The monoisotopic (exact) mass is 581 g/mol. The summed E-state index contributed by atoms with van der Waals surface area (Å²) in [4.78, 5) is 44.8. The lowest BCUT2D eigenvalue weighted by Gasteiger charge is -2.26. The van der Waals surface area contributed by atoms with E-state index in [1.807, 2.05) is 86.8 Å². The molecule has 224 valence electrons. The highest BCUT2D eigenvalue weighted by molar-refractivity contribution is 5.90. The van der Waals surface area contributed by atoms with E-state index in [0.29, 0.717) is 6.42 Å². The third kappa shape index (κ3) is 8.66. The van der Waals surface area contributed by atoms with E-state index in [0.717, 1.165) is 32.9 Å². The molecule has 2 amide bonds. The fourth-order valence-corrected chi connectivity index (χ4v) is 4.82. The van der Waals surface area contributed by atoms with Crippen LogP contribution in [0.1, 0.15) is 38.3 Å². The molecule has 8 heteroatoms. The Morgan fingerprint density at radius 1 is 0.814 bits per heavy atom. The average molecular weight is 582 g/mol. The fourth-order valence-electron chi connectivity index (χ4n) is 4.82. The zero-order chi connectivity index (χ0) is 30.8. The van der Waals surface area contributed by atoms with Crippen molar-refractivity contribution in [3.8, 4) is 22.3 Å². The maximum Gasteiger partial charge on any atom is 0.308 e. The van der Waals surface area contributed by atoms with Gasteiger partial charge in [-0.25, -0.2) is 5.06 Å². The first-order valence-electron chi connectivity index (χ1n) is 14.4. The second kappa shape index (κ2) is 15.0. The molecule has 0 bridgehead atoms. The molecule has 0 aliphatic heterocycles. The Hall–Kier alpha value is -4.69. The Morgan fingerprint density at radius 3 is 2.00 bits per heavy atom. The molecule has 0 saturated heterocycles. The summed E-state index contributed by atoms with van der Waals surface area (Å²) in [6.45, 7) is 4.05. The van der Waals surface area contributed by atoms with Crippen molar-refractivity contribution < 1.29 is 24.0 Å². The van der Waals surface area contributed by atoms with Crippen LogP contribution in [0.15, 0.2) is 103 Å². The molecule has 0 spiro atoms. The quantitative estimate of drug-likeness (QED) is 0.153. The Labute approximate surface area is 253 Å². The van der Waals surface area contributed by atoms with E-state index < -0.39 is 24.0 Å². The van der Waals surface area contributed by atoms with Gasteiger partial charge in [0.2, 0.25) is 5.91 Å². The van der Waals surface area contributed by atoms with Crippen LogP contribution in [0, 0.1) is 5.92 Å². The Balaban J connectivity index is 1.56. The van der Waals surface area contributed by atoms with Gasteiger partial charge in [0.15, 0.2) is 0 Å². The average Bonchev–Trinajstić information content (AvgIpc) is 3.52. The number of esters is 1. The van der Waals surface area contributed by atoms with E-state index in [4.69, 9.17) is 9.57 Å². The molecule has 43 heavy (non-hydrogen) atoms. The minimum Gasteiger partial charge on any atom is -0.461 e. The Kier molecular flexibility index (Phi) is 10.9. The zero-order valence-corrected chi connectivity index (χ0v) is 25.1. The largest absolute Gasteiger partial charge is 0.461 e. The van der Waals surface area contributed by atoms with Crippen molar-refractivity contribution in [1.82, 2.24) is 14.9 Å². The van der Waals surface area contributed by atoms with Crippen LogP contribution in [-0.4, -0.2) is 47.6 Å². The number of hydrogen-bond donors (Lipinski definition) is 1. The zero-order valence-electron chi connectivity index (χ0n) is 25.1. The van der Waals surface area contributed by atoms with E-state index in [-0.39, 0.29) is 24.9 Å². The van der Waals surface area contributed by atoms with Gasteiger partial charge < -0.3 is 14.6 Å². The molecule has 1 N–H and O–H groups in total. The maximum absolute atomic E-state index is 13.8. The van der Waals surface area contributed by atoms with E-state index in [9.17, 15) is 14.4 Å².